The zero-order valence-corrected chi connectivity index (χ0v) is 18.0. The van der Waals surface area contributed by atoms with E-state index in [1.807, 2.05) is 0 Å². The molecule has 1 aromatic carbocycles. The maximum atomic E-state index is 15.8. The number of hydrogen-bond acceptors (Lipinski definition) is 7. The minimum absolute atomic E-state index is 0. The summed E-state index contributed by atoms with van der Waals surface area (Å²) in [4.78, 5) is 27.2. The van der Waals surface area contributed by atoms with E-state index in [0.717, 1.165) is 24.4 Å². The van der Waals surface area contributed by atoms with Crippen LogP contribution in [-0.4, -0.2) is 28.1 Å². The SMILES string of the molecule is Cl.Cl.NNc1c(F)c(N2CC[C@@H](N)C2)c(F)c2c1c(=O)c1c(=O)[nH]sc1n2C1CC1. The van der Waals surface area contributed by atoms with Gasteiger partial charge in [0.05, 0.1) is 10.9 Å². The summed E-state index contributed by atoms with van der Waals surface area (Å²) in [5.41, 5.74) is 6.25. The number of aromatic amines is 1. The molecule has 3 heterocycles. The number of nitrogen functional groups attached to an aromatic ring is 1. The number of anilines is 2. The van der Waals surface area contributed by atoms with Crippen LogP contribution in [0, 0.1) is 11.6 Å². The third-order valence-electron chi connectivity index (χ3n) is 5.52. The van der Waals surface area contributed by atoms with Gasteiger partial charge >= 0.3 is 0 Å². The minimum Gasteiger partial charge on any atom is -0.365 e. The van der Waals surface area contributed by atoms with Crippen LogP contribution in [0.25, 0.3) is 21.1 Å². The molecule has 6 N–H and O–H groups in total. The molecule has 0 bridgehead atoms. The molecule has 13 heteroatoms. The van der Waals surface area contributed by atoms with Crippen molar-refractivity contribution in [3.8, 4) is 0 Å². The molecule has 0 spiro atoms. The Morgan fingerprint density at radius 1 is 1.10 bits per heavy atom. The topological polar surface area (TPSA) is 122 Å². The van der Waals surface area contributed by atoms with Crippen LogP contribution in [0.2, 0.25) is 0 Å². The smallest absolute Gasteiger partial charge is 0.271 e. The summed E-state index contributed by atoms with van der Waals surface area (Å²) in [6, 6.07) is -0.247. The van der Waals surface area contributed by atoms with Crippen LogP contribution in [0.4, 0.5) is 20.2 Å². The van der Waals surface area contributed by atoms with Crippen molar-refractivity contribution in [3.63, 3.8) is 0 Å². The molecule has 30 heavy (non-hydrogen) atoms. The van der Waals surface area contributed by atoms with Crippen LogP contribution >= 0.6 is 36.3 Å². The number of benzene rings is 1. The largest absolute Gasteiger partial charge is 0.365 e. The van der Waals surface area contributed by atoms with Gasteiger partial charge in [0.25, 0.3) is 5.56 Å². The maximum Gasteiger partial charge on any atom is 0.271 e. The fourth-order valence-electron chi connectivity index (χ4n) is 4.09. The van der Waals surface area contributed by atoms with E-state index in [2.05, 4.69) is 9.80 Å². The number of nitrogens with zero attached hydrogens (tertiary/aromatic N) is 2. The van der Waals surface area contributed by atoms with E-state index >= 15 is 8.78 Å². The van der Waals surface area contributed by atoms with Gasteiger partial charge in [0.1, 0.15) is 21.6 Å². The number of rotatable bonds is 3. The van der Waals surface area contributed by atoms with Gasteiger partial charge in [-0.15, -0.1) is 24.8 Å². The number of hydrazine groups is 1. The first-order chi connectivity index (χ1) is 13.4. The number of fused-ring (bicyclic) bond motifs is 2. The average Bonchev–Trinajstić information content (AvgIpc) is 3.30. The fourth-order valence-corrected chi connectivity index (χ4v) is 5.00. The van der Waals surface area contributed by atoms with Gasteiger partial charge in [-0.2, -0.15) is 0 Å². The molecule has 8 nitrogen and oxygen atoms in total. The second-order valence-corrected chi connectivity index (χ2v) is 8.15. The van der Waals surface area contributed by atoms with Gasteiger partial charge in [-0.3, -0.25) is 19.8 Å². The van der Waals surface area contributed by atoms with Crippen LogP contribution in [0.1, 0.15) is 25.3 Å². The molecular weight excluding hydrogens is 461 g/mol. The Morgan fingerprint density at radius 2 is 1.80 bits per heavy atom. The zero-order valence-electron chi connectivity index (χ0n) is 15.5. The highest BCUT2D eigenvalue weighted by molar-refractivity contribution is 7.12. The van der Waals surface area contributed by atoms with Crippen LogP contribution in [0.3, 0.4) is 0 Å². The quantitative estimate of drug-likeness (QED) is 0.336. The van der Waals surface area contributed by atoms with Crippen molar-refractivity contribution in [2.24, 2.45) is 11.6 Å². The normalized spacial score (nSPS) is 18.5. The second kappa shape index (κ2) is 7.97. The van der Waals surface area contributed by atoms with Gasteiger partial charge in [0.15, 0.2) is 11.6 Å². The van der Waals surface area contributed by atoms with Crippen molar-refractivity contribution >= 4 is 68.8 Å². The molecule has 1 saturated heterocycles. The first kappa shape index (κ1) is 22.8. The van der Waals surface area contributed by atoms with Gasteiger partial charge in [-0.25, -0.2) is 8.78 Å². The minimum atomic E-state index is -0.952. The molecule has 1 saturated carbocycles. The van der Waals surface area contributed by atoms with Gasteiger partial charge in [0, 0.05) is 25.2 Å². The number of H-pyrrole nitrogens is 1. The van der Waals surface area contributed by atoms with Gasteiger partial charge in [-0.1, -0.05) is 0 Å². The highest BCUT2D eigenvalue weighted by atomic mass is 35.5. The van der Waals surface area contributed by atoms with Crippen molar-refractivity contribution in [1.82, 2.24) is 8.94 Å². The number of hydrogen-bond donors (Lipinski definition) is 4. The van der Waals surface area contributed by atoms with Gasteiger partial charge < -0.3 is 20.6 Å². The van der Waals surface area contributed by atoms with E-state index < -0.39 is 22.6 Å². The molecule has 1 aliphatic carbocycles. The maximum absolute atomic E-state index is 15.8. The molecule has 2 aliphatic rings. The Morgan fingerprint density at radius 3 is 2.37 bits per heavy atom. The van der Waals surface area contributed by atoms with E-state index in [9.17, 15) is 9.59 Å². The molecular formula is C17H20Cl2F2N6O2S. The Hall–Kier alpha value is -1.92. The molecule has 5 rings (SSSR count). The van der Waals surface area contributed by atoms with E-state index in [4.69, 9.17) is 11.6 Å². The first-order valence-corrected chi connectivity index (χ1v) is 9.83. The summed E-state index contributed by atoms with van der Waals surface area (Å²) in [5, 5.41) is -0.344. The average molecular weight is 481 g/mol. The molecule has 164 valence electrons. The Kier molecular flexibility index (Phi) is 6.04. The zero-order chi connectivity index (χ0) is 19.7. The van der Waals surface area contributed by atoms with E-state index in [0.29, 0.717) is 24.3 Å². The molecule has 1 aliphatic heterocycles. The summed E-state index contributed by atoms with van der Waals surface area (Å²) in [7, 11) is 0. The van der Waals surface area contributed by atoms with E-state index in [1.54, 1.807) is 9.47 Å². The summed E-state index contributed by atoms with van der Waals surface area (Å²) in [6.07, 6.45) is 2.17. The fraction of sp³-hybridized carbons (Fsp3) is 0.412. The standard InChI is InChI=1S/C17H18F2N6O2S.2ClH/c18-10-12(22-21)8-13(11(19)14(10)24-4-3-6(20)5-24)25(7-1-2-7)17-9(15(8)26)16(27)23-28-17;;/h6-7,22H,1-5,20-21H2,(H,23,27);2*1H/t6-;;/m1../s1. The van der Waals surface area contributed by atoms with Crippen molar-refractivity contribution in [2.45, 2.75) is 31.3 Å². The molecule has 0 unspecified atom stereocenters. The van der Waals surface area contributed by atoms with Crippen molar-refractivity contribution in [3.05, 3.63) is 32.2 Å². The number of pyridine rings is 1. The van der Waals surface area contributed by atoms with Crippen molar-refractivity contribution in [1.29, 1.82) is 0 Å². The summed E-state index contributed by atoms with van der Waals surface area (Å²) < 4.78 is 35.2. The first-order valence-electron chi connectivity index (χ1n) is 9.01. The molecule has 1 atom stereocenters. The van der Waals surface area contributed by atoms with Gasteiger partial charge in [-0.05, 0) is 30.8 Å². The highest BCUT2D eigenvalue weighted by Crippen LogP contribution is 2.44. The predicted molar refractivity (Wildman–Crippen MR) is 120 cm³/mol. The number of halogens is 4. The van der Waals surface area contributed by atoms with Crippen LogP contribution in [0.5, 0.6) is 0 Å². The third-order valence-corrected chi connectivity index (χ3v) is 6.40. The third kappa shape index (κ3) is 3.07. The molecule has 0 radical (unpaired) electrons. The summed E-state index contributed by atoms with van der Waals surface area (Å²) in [5.74, 6) is 3.76. The Labute approximate surface area is 185 Å². The number of nitrogens with two attached hydrogens (primary N) is 2. The Balaban J connectivity index is 0.00000128. The second-order valence-electron chi connectivity index (χ2n) is 7.36. The molecule has 0 amide bonds. The molecule has 3 aromatic rings. The Bertz CT molecular complexity index is 1260. The van der Waals surface area contributed by atoms with E-state index in [-0.39, 0.29) is 64.6 Å². The summed E-state index contributed by atoms with van der Waals surface area (Å²) in [6.45, 7) is 0.703. The lowest BCUT2D eigenvalue weighted by molar-refractivity contribution is 0.581. The van der Waals surface area contributed by atoms with E-state index in [1.165, 1.54) is 0 Å². The number of aromatic nitrogens is 2. The molecule has 2 fully saturated rings. The van der Waals surface area contributed by atoms with Crippen LogP contribution in [0.15, 0.2) is 9.59 Å². The van der Waals surface area contributed by atoms with Crippen LogP contribution < -0.4 is 32.9 Å². The van der Waals surface area contributed by atoms with Crippen molar-refractivity contribution in [2.75, 3.05) is 23.4 Å². The van der Waals surface area contributed by atoms with Crippen molar-refractivity contribution < 1.29 is 8.78 Å². The monoisotopic (exact) mass is 480 g/mol. The lowest BCUT2D eigenvalue weighted by Gasteiger charge is -2.24. The lowest BCUT2D eigenvalue weighted by Crippen LogP contribution is -2.29. The predicted octanol–water partition coefficient (Wildman–Crippen LogP) is 2.18. The highest BCUT2D eigenvalue weighted by Gasteiger charge is 2.35. The molecule has 2 aromatic heterocycles. The summed E-state index contributed by atoms with van der Waals surface area (Å²) >= 11 is 0.983. The lowest BCUT2D eigenvalue weighted by atomic mass is 10.1. The number of nitrogens with one attached hydrogen (secondary N) is 2. The van der Waals surface area contributed by atoms with Crippen LogP contribution in [-0.2, 0) is 0 Å². The van der Waals surface area contributed by atoms with Gasteiger partial charge in [0.2, 0.25) is 5.43 Å².